The zero-order valence-electron chi connectivity index (χ0n) is 12.6. The maximum absolute atomic E-state index is 12.1. The Kier molecular flexibility index (Phi) is 5.06. The second-order valence-corrected chi connectivity index (χ2v) is 4.94. The van der Waals surface area contributed by atoms with Gasteiger partial charge in [0.15, 0.2) is 5.78 Å². The molecule has 0 unspecified atom stereocenters. The molecule has 124 valence electrons. The molecule has 1 rings (SSSR count). The number of esters is 2. The van der Waals surface area contributed by atoms with Gasteiger partial charge in [0.2, 0.25) is 5.78 Å². The minimum atomic E-state index is -2.66. The van der Waals surface area contributed by atoms with Crippen molar-refractivity contribution in [1.82, 2.24) is 0 Å². The molecule has 1 aliphatic heterocycles. The third kappa shape index (κ3) is 2.51. The molecule has 0 amide bonds. The highest BCUT2D eigenvalue weighted by atomic mass is 16.8. The van der Waals surface area contributed by atoms with Crippen LogP contribution in [0.1, 0.15) is 27.7 Å². The van der Waals surface area contributed by atoms with Crippen LogP contribution in [-0.4, -0.2) is 63.9 Å². The lowest BCUT2D eigenvalue weighted by Gasteiger charge is -2.39. The van der Waals surface area contributed by atoms with Crippen molar-refractivity contribution >= 4 is 23.5 Å². The van der Waals surface area contributed by atoms with Crippen molar-refractivity contribution in [1.29, 1.82) is 0 Å². The summed E-state index contributed by atoms with van der Waals surface area (Å²) in [6.07, 6.45) is -3.37. The van der Waals surface area contributed by atoms with Crippen molar-refractivity contribution in [2.24, 2.45) is 0 Å². The molecular weight excluding hydrogens is 300 g/mol. The maximum atomic E-state index is 12.1. The Hall–Kier alpha value is -1.84. The number of aliphatic hydroxyl groups excluding tert-OH is 2. The molecule has 1 fully saturated rings. The van der Waals surface area contributed by atoms with Gasteiger partial charge in [0.25, 0.3) is 5.60 Å². The Balaban J connectivity index is 3.65. The number of aliphatic hydroxyl groups is 2. The molecule has 0 bridgehead atoms. The number of carbonyl (C=O) groups excluding carboxylic acids is 4. The highest BCUT2D eigenvalue weighted by Gasteiger charge is 2.76. The number of ether oxygens (including phenoxy) is 3. The maximum Gasteiger partial charge on any atom is 0.324 e. The van der Waals surface area contributed by atoms with Gasteiger partial charge in [-0.3, -0.25) is 19.2 Å². The Morgan fingerprint density at radius 1 is 1.00 bits per heavy atom. The Morgan fingerprint density at radius 2 is 1.50 bits per heavy atom. The van der Waals surface area contributed by atoms with E-state index in [1.165, 1.54) is 0 Å². The first-order chi connectivity index (χ1) is 10.0. The van der Waals surface area contributed by atoms with Crippen LogP contribution in [0, 0.1) is 0 Å². The fraction of sp³-hybridized carbons (Fsp3) is 0.692. The van der Waals surface area contributed by atoms with Gasteiger partial charge in [-0.05, 0) is 6.92 Å². The largest absolute Gasteiger partial charge is 0.441 e. The van der Waals surface area contributed by atoms with Gasteiger partial charge in [-0.15, -0.1) is 0 Å². The quantitative estimate of drug-likeness (QED) is 0.579. The molecule has 0 aromatic carbocycles. The van der Waals surface area contributed by atoms with Crippen molar-refractivity contribution in [2.45, 2.75) is 51.3 Å². The highest BCUT2D eigenvalue weighted by molar-refractivity contribution is 6.00. The van der Waals surface area contributed by atoms with Gasteiger partial charge in [0.1, 0.15) is 12.2 Å². The fourth-order valence-electron chi connectivity index (χ4n) is 2.54. The van der Waals surface area contributed by atoms with E-state index in [1.54, 1.807) is 0 Å². The van der Waals surface area contributed by atoms with Crippen LogP contribution in [0.4, 0.5) is 0 Å². The third-order valence-electron chi connectivity index (χ3n) is 3.33. The highest BCUT2D eigenvalue weighted by Crippen LogP contribution is 2.45. The molecule has 0 spiro atoms. The summed E-state index contributed by atoms with van der Waals surface area (Å²) in [6.45, 7) is 2.98. The number of hydrogen-bond donors (Lipinski definition) is 2. The summed E-state index contributed by atoms with van der Waals surface area (Å²) in [5, 5.41) is 19.5. The standard InChI is InChI=1S/C13H18O9/c1-6(15)12(20-8(3)17)11(19)10(5-14)22-13(12,7(2)16)21-9(4)18/h10-11,14,19H,5H2,1-4H3/t10-,11-,12-,13+/m0/s1. The van der Waals surface area contributed by atoms with Crippen molar-refractivity contribution in [2.75, 3.05) is 6.61 Å². The van der Waals surface area contributed by atoms with Crippen LogP contribution in [0.5, 0.6) is 0 Å². The van der Waals surface area contributed by atoms with Gasteiger partial charge in [0.05, 0.1) is 6.61 Å². The molecule has 0 radical (unpaired) electrons. The molecule has 1 heterocycles. The normalized spacial score (nSPS) is 34.1. The second-order valence-electron chi connectivity index (χ2n) is 4.94. The first-order valence-corrected chi connectivity index (χ1v) is 6.43. The van der Waals surface area contributed by atoms with Crippen LogP contribution in [0.15, 0.2) is 0 Å². The van der Waals surface area contributed by atoms with E-state index in [-0.39, 0.29) is 0 Å². The van der Waals surface area contributed by atoms with E-state index in [2.05, 4.69) is 0 Å². The number of carbonyl (C=O) groups is 4. The molecule has 0 aromatic heterocycles. The lowest BCUT2D eigenvalue weighted by molar-refractivity contribution is -0.263. The Morgan fingerprint density at radius 3 is 1.82 bits per heavy atom. The number of hydrogen-bond acceptors (Lipinski definition) is 9. The molecule has 0 saturated carbocycles. The summed E-state index contributed by atoms with van der Waals surface area (Å²) in [5.41, 5.74) is -2.59. The molecule has 2 N–H and O–H groups in total. The number of Topliss-reactive ketones (excluding diaryl/α,β-unsaturated/α-hetero) is 2. The predicted molar refractivity (Wildman–Crippen MR) is 68.3 cm³/mol. The van der Waals surface area contributed by atoms with E-state index in [1.807, 2.05) is 0 Å². The number of ketones is 2. The average molecular weight is 318 g/mol. The summed E-state index contributed by atoms with van der Waals surface area (Å²) in [7, 11) is 0. The van der Waals surface area contributed by atoms with Crippen molar-refractivity contribution in [3.05, 3.63) is 0 Å². The van der Waals surface area contributed by atoms with Crippen LogP contribution in [-0.2, 0) is 33.4 Å². The average Bonchev–Trinajstić information content (AvgIpc) is 2.61. The van der Waals surface area contributed by atoms with Crippen molar-refractivity contribution in [3.8, 4) is 0 Å². The first kappa shape index (κ1) is 18.2. The van der Waals surface area contributed by atoms with Gasteiger partial charge in [-0.25, -0.2) is 0 Å². The summed E-state index contributed by atoms with van der Waals surface area (Å²) >= 11 is 0. The van der Waals surface area contributed by atoms with Crippen LogP contribution in [0.25, 0.3) is 0 Å². The minimum absolute atomic E-state index is 0.798. The summed E-state index contributed by atoms with van der Waals surface area (Å²) in [5.74, 6) is -6.62. The van der Waals surface area contributed by atoms with Crippen LogP contribution in [0.3, 0.4) is 0 Å². The first-order valence-electron chi connectivity index (χ1n) is 6.43. The molecule has 9 heteroatoms. The van der Waals surface area contributed by atoms with E-state index in [9.17, 15) is 29.4 Å². The molecule has 0 aliphatic carbocycles. The lowest BCUT2D eigenvalue weighted by atomic mass is 9.82. The van der Waals surface area contributed by atoms with Crippen LogP contribution >= 0.6 is 0 Å². The van der Waals surface area contributed by atoms with E-state index < -0.39 is 53.7 Å². The topological polar surface area (TPSA) is 136 Å². The molecular formula is C13H18O9. The van der Waals surface area contributed by atoms with Gasteiger partial charge < -0.3 is 24.4 Å². The van der Waals surface area contributed by atoms with Gasteiger partial charge >= 0.3 is 17.7 Å². The molecule has 4 atom stereocenters. The van der Waals surface area contributed by atoms with Gasteiger partial charge in [-0.1, -0.05) is 0 Å². The van der Waals surface area contributed by atoms with Gasteiger partial charge in [0, 0.05) is 20.8 Å². The third-order valence-corrected chi connectivity index (χ3v) is 3.33. The lowest BCUT2D eigenvalue weighted by Crippen LogP contribution is -2.67. The Labute approximate surface area is 126 Å². The molecule has 1 saturated heterocycles. The molecule has 9 nitrogen and oxygen atoms in total. The van der Waals surface area contributed by atoms with E-state index >= 15 is 0 Å². The Bertz CT molecular complexity index is 514. The molecule has 1 aliphatic rings. The van der Waals surface area contributed by atoms with E-state index in [0.717, 1.165) is 27.7 Å². The van der Waals surface area contributed by atoms with Crippen LogP contribution < -0.4 is 0 Å². The van der Waals surface area contributed by atoms with Crippen LogP contribution in [0.2, 0.25) is 0 Å². The second kappa shape index (κ2) is 6.11. The summed E-state index contributed by atoms with van der Waals surface area (Å²) in [6, 6.07) is 0. The number of rotatable bonds is 5. The van der Waals surface area contributed by atoms with Gasteiger partial charge in [-0.2, -0.15) is 0 Å². The van der Waals surface area contributed by atoms with E-state index in [4.69, 9.17) is 14.2 Å². The zero-order valence-corrected chi connectivity index (χ0v) is 12.6. The molecule has 0 aromatic rings. The van der Waals surface area contributed by atoms with E-state index in [0.29, 0.717) is 0 Å². The van der Waals surface area contributed by atoms with Crippen molar-refractivity contribution < 1.29 is 43.6 Å². The smallest absolute Gasteiger partial charge is 0.324 e. The predicted octanol–water partition coefficient (Wildman–Crippen LogP) is -1.52. The minimum Gasteiger partial charge on any atom is -0.441 e. The summed E-state index contributed by atoms with van der Waals surface area (Å²) < 4.78 is 14.9. The fourth-order valence-corrected chi connectivity index (χ4v) is 2.54. The monoisotopic (exact) mass is 318 g/mol. The zero-order chi connectivity index (χ0) is 17.3. The molecule has 22 heavy (non-hydrogen) atoms. The summed E-state index contributed by atoms with van der Waals surface area (Å²) in [4.78, 5) is 47.0. The SMILES string of the molecule is CC(=O)O[C@]1(C(C)=O)O[C@@H](CO)[C@H](O)[C@@]1(OC(C)=O)C(C)=O. The van der Waals surface area contributed by atoms with Crippen molar-refractivity contribution in [3.63, 3.8) is 0 Å².